The third-order valence-corrected chi connectivity index (χ3v) is 5.90. The van der Waals surface area contributed by atoms with E-state index in [0.29, 0.717) is 6.04 Å². The Bertz CT molecular complexity index is 894. The second kappa shape index (κ2) is 5.93. The molecule has 4 rings (SSSR count). The summed E-state index contributed by atoms with van der Waals surface area (Å²) in [5.74, 6) is 0.800. The van der Waals surface area contributed by atoms with Gasteiger partial charge < -0.3 is 0 Å². The van der Waals surface area contributed by atoms with Crippen LogP contribution in [-0.4, -0.2) is 31.3 Å². The minimum absolute atomic E-state index is 0.459. The van der Waals surface area contributed by atoms with Gasteiger partial charge in [0.2, 0.25) is 5.78 Å². The summed E-state index contributed by atoms with van der Waals surface area (Å²) in [6.07, 6.45) is 5.67. The summed E-state index contributed by atoms with van der Waals surface area (Å²) in [5.41, 5.74) is 4.58. The molecule has 1 aliphatic carbocycles. The summed E-state index contributed by atoms with van der Waals surface area (Å²) in [7, 11) is 2.20. The van der Waals surface area contributed by atoms with Gasteiger partial charge in [-0.25, -0.2) is 15.0 Å². The Kier molecular flexibility index (Phi) is 3.89. The standard InChI is InChI=1S/C18H23N5S/c1-11-8-12(2)23-10-14(21-18(23)19-11)9-22(4)16-7-5-6-15-17(16)24-13(3)20-15/h8,10,16H,5-7,9H2,1-4H3. The van der Waals surface area contributed by atoms with Crippen molar-refractivity contribution >= 4 is 17.1 Å². The van der Waals surface area contributed by atoms with Gasteiger partial charge in [-0.1, -0.05) is 0 Å². The van der Waals surface area contributed by atoms with Gasteiger partial charge >= 0.3 is 0 Å². The van der Waals surface area contributed by atoms with Crippen LogP contribution in [0.15, 0.2) is 12.3 Å². The topological polar surface area (TPSA) is 46.3 Å². The Morgan fingerprint density at radius 1 is 1.25 bits per heavy atom. The number of aryl methyl sites for hydroxylation is 4. The molecule has 0 amide bonds. The Hall–Kier alpha value is -1.79. The van der Waals surface area contributed by atoms with Crippen molar-refractivity contribution in [3.63, 3.8) is 0 Å². The van der Waals surface area contributed by atoms with Gasteiger partial charge in [0.05, 0.1) is 16.4 Å². The lowest BCUT2D eigenvalue weighted by Crippen LogP contribution is -2.26. The highest BCUT2D eigenvalue weighted by Gasteiger charge is 2.27. The van der Waals surface area contributed by atoms with Gasteiger partial charge in [0.1, 0.15) is 0 Å². The lowest BCUT2D eigenvalue weighted by molar-refractivity contribution is 0.214. The number of thiazole rings is 1. The highest BCUT2D eigenvalue weighted by atomic mass is 32.1. The van der Waals surface area contributed by atoms with Crippen molar-refractivity contribution in [2.24, 2.45) is 0 Å². The normalized spacial score (nSPS) is 17.6. The largest absolute Gasteiger partial charge is 0.293 e. The first-order valence-corrected chi connectivity index (χ1v) is 9.31. The molecule has 1 unspecified atom stereocenters. The van der Waals surface area contributed by atoms with E-state index in [-0.39, 0.29) is 0 Å². The Morgan fingerprint density at radius 2 is 2.08 bits per heavy atom. The quantitative estimate of drug-likeness (QED) is 0.730. The number of hydrogen-bond acceptors (Lipinski definition) is 5. The van der Waals surface area contributed by atoms with Crippen molar-refractivity contribution in [2.45, 2.75) is 52.6 Å². The highest BCUT2D eigenvalue weighted by molar-refractivity contribution is 7.11. The molecule has 24 heavy (non-hydrogen) atoms. The number of nitrogens with zero attached hydrogens (tertiary/aromatic N) is 5. The fourth-order valence-electron chi connectivity index (χ4n) is 3.70. The zero-order valence-corrected chi connectivity index (χ0v) is 15.5. The number of rotatable bonds is 3. The first kappa shape index (κ1) is 15.7. The zero-order chi connectivity index (χ0) is 16.8. The third kappa shape index (κ3) is 2.74. The maximum atomic E-state index is 4.73. The highest BCUT2D eigenvalue weighted by Crippen LogP contribution is 2.37. The molecule has 5 nitrogen and oxygen atoms in total. The zero-order valence-electron chi connectivity index (χ0n) is 14.7. The van der Waals surface area contributed by atoms with Crippen molar-refractivity contribution in [2.75, 3.05) is 7.05 Å². The summed E-state index contributed by atoms with van der Waals surface area (Å²) < 4.78 is 2.08. The van der Waals surface area contributed by atoms with Crippen molar-refractivity contribution < 1.29 is 0 Å². The molecule has 3 heterocycles. The molecule has 0 saturated carbocycles. The Morgan fingerprint density at radius 3 is 2.92 bits per heavy atom. The van der Waals surface area contributed by atoms with E-state index in [1.807, 2.05) is 18.3 Å². The van der Waals surface area contributed by atoms with Crippen molar-refractivity contribution in [1.82, 2.24) is 24.3 Å². The molecule has 0 spiro atoms. The molecule has 0 N–H and O–H groups in total. The first-order valence-electron chi connectivity index (χ1n) is 8.50. The summed E-state index contributed by atoms with van der Waals surface area (Å²) in [6, 6.07) is 2.55. The fraction of sp³-hybridized carbons (Fsp3) is 0.500. The Balaban J connectivity index is 1.60. The molecule has 0 saturated heterocycles. The molecule has 0 aliphatic heterocycles. The number of fused-ring (bicyclic) bond motifs is 2. The van der Waals surface area contributed by atoms with Crippen LogP contribution >= 0.6 is 11.3 Å². The monoisotopic (exact) mass is 341 g/mol. The van der Waals surface area contributed by atoms with E-state index >= 15 is 0 Å². The van der Waals surface area contributed by atoms with Gasteiger partial charge in [-0.15, -0.1) is 11.3 Å². The van der Waals surface area contributed by atoms with Crippen LogP contribution in [0.1, 0.15) is 51.5 Å². The maximum Gasteiger partial charge on any atom is 0.234 e. The lowest BCUT2D eigenvalue weighted by Gasteiger charge is -2.30. The van der Waals surface area contributed by atoms with Crippen LogP contribution in [0.5, 0.6) is 0 Å². The number of aromatic nitrogens is 4. The Labute approximate surface area is 146 Å². The van der Waals surface area contributed by atoms with Crippen LogP contribution in [0, 0.1) is 20.8 Å². The van der Waals surface area contributed by atoms with E-state index in [9.17, 15) is 0 Å². The number of imidazole rings is 1. The lowest BCUT2D eigenvalue weighted by atomic mass is 9.97. The van der Waals surface area contributed by atoms with Gasteiger partial charge in [-0.2, -0.15) is 0 Å². The predicted molar refractivity (Wildman–Crippen MR) is 96.5 cm³/mol. The van der Waals surface area contributed by atoms with E-state index in [4.69, 9.17) is 9.97 Å². The van der Waals surface area contributed by atoms with E-state index in [2.05, 4.69) is 47.4 Å². The van der Waals surface area contributed by atoms with Crippen molar-refractivity contribution in [1.29, 1.82) is 0 Å². The van der Waals surface area contributed by atoms with Crippen LogP contribution in [0.25, 0.3) is 5.78 Å². The average Bonchev–Trinajstić information content (AvgIpc) is 3.08. The molecular formula is C18H23N5S. The van der Waals surface area contributed by atoms with Gasteiger partial charge in [-0.3, -0.25) is 9.30 Å². The minimum atomic E-state index is 0.459. The molecule has 6 heteroatoms. The summed E-state index contributed by atoms with van der Waals surface area (Å²) >= 11 is 1.86. The third-order valence-electron chi connectivity index (χ3n) is 4.78. The second-order valence-corrected chi connectivity index (χ2v) is 8.04. The molecule has 0 aromatic carbocycles. The van der Waals surface area contributed by atoms with Gasteiger partial charge in [0.25, 0.3) is 0 Å². The van der Waals surface area contributed by atoms with Crippen LogP contribution < -0.4 is 0 Å². The van der Waals surface area contributed by atoms with Gasteiger partial charge in [0.15, 0.2) is 0 Å². The first-order chi connectivity index (χ1) is 11.5. The average molecular weight is 341 g/mol. The van der Waals surface area contributed by atoms with E-state index in [1.54, 1.807) is 0 Å². The van der Waals surface area contributed by atoms with E-state index in [1.165, 1.54) is 34.1 Å². The number of hydrogen-bond donors (Lipinski definition) is 0. The summed E-state index contributed by atoms with van der Waals surface area (Å²) in [5, 5.41) is 1.18. The van der Waals surface area contributed by atoms with Crippen LogP contribution in [0.2, 0.25) is 0 Å². The van der Waals surface area contributed by atoms with Crippen LogP contribution in [0.4, 0.5) is 0 Å². The van der Waals surface area contributed by atoms with Crippen molar-refractivity contribution in [3.8, 4) is 0 Å². The predicted octanol–water partition coefficient (Wildman–Crippen LogP) is 3.62. The molecule has 0 fully saturated rings. The molecule has 0 bridgehead atoms. The molecule has 3 aromatic heterocycles. The molecule has 3 aromatic rings. The van der Waals surface area contributed by atoms with Crippen molar-refractivity contribution in [3.05, 3.63) is 44.9 Å². The molecular weight excluding hydrogens is 318 g/mol. The second-order valence-electron chi connectivity index (χ2n) is 6.81. The molecule has 126 valence electrons. The minimum Gasteiger partial charge on any atom is -0.293 e. The van der Waals surface area contributed by atoms with Crippen LogP contribution in [-0.2, 0) is 13.0 Å². The maximum absolute atomic E-state index is 4.73. The molecule has 0 radical (unpaired) electrons. The summed E-state index contributed by atoms with van der Waals surface area (Å²) in [4.78, 5) is 17.8. The van der Waals surface area contributed by atoms with Gasteiger partial charge in [0, 0.05) is 35.0 Å². The van der Waals surface area contributed by atoms with E-state index in [0.717, 1.165) is 30.1 Å². The molecule has 1 aliphatic rings. The fourth-order valence-corrected chi connectivity index (χ4v) is 4.87. The van der Waals surface area contributed by atoms with Crippen LogP contribution in [0.3, 0.4) is 0 Å². The smallest absolute Gasteiger partial charge is 0.234 e. The molecule has 1 atom stereocenters. The van der Waals surface area contributed by atoms with Gasteiger partial charge in [-0.05, 0) is 53.1 Å². The SMILES string of the molecule is Cc1cc(C)n2cc(CN(C)C3CCCc4nc(C)sc43)nc2n1. The summed E-state index contributed by atoms with van der Waals surface area (Å²) in [6.45, 7) is 7.06. The van der Waals surface area contributed by atoms with E-state index < -0.39 is 0 Å².